The van der Waals surface area contributed by atoms with Gasteiger partial charge >= 0.3 is 5.97 Å². The number of rotatable bonds is 5. The highest BCUT2D eigenvalue weighted by atomic mass is 32.2. The number of aromatic nitrogens is 2. The summed E-state index contributed by atoms with van der Waals surface area (Å²) in [4.78, 5) is 17.2. The summed E-state index contributed by atoms with van der Waals surface area (Å²) in [6.45, 7) is 2.43. The molecule has 3 unspecified atom stereocenters. The first-order chi connectivity index (χ1) is 13.6. The molecular formula is C22H22N2O3S. The Kier molecular flexibility index (Phi) is 5.50. The van der Waals surface area contributed by atoms with Gasteiger partial charge in [0.05, 0.1) is 17.3 Å². The Morgan fingerprint density at radius 3 is 2.57 bits per heavy atom. The molecule has 1 fully saturated rings. The summed E-state index contributed by atoms with van der Waals surface area (Å²) in [5.74, 6) is -0.275. The summed E-state index contributed by atoms with van der Waals surface area (Å²) in [5.41, 5.74) is 2.06. The molecule has 1 saturated heterocycles. The van der Waals surface area contributed by atoms with Gasteiger partial charge in [0.2, 0.25) is 0 Å². The summed E-state index contributed by atoms with van der Waals surface area (Å²) in [5, 5.41) is 9.59. The van der Waals surface area contributed by atoms with Gasteiger partial charge in [0, 0.05) is 29.6 Å². The largest absolute Gasteiger partial charge is 0.481 e. The first-order valence-corrected chi connectivity index (χ1v) is 10.2. The Hall–Kier alpha value is -2.57. The molecule has 1 aliphatic rings. The number of carboxylic acid groups (broad SMARTS) is 1. The van der Waals surface area contributed by atoms with E-state index in [1.165, 1.54) is 0 Å². The van der Waals surface area contributed by atoms with E-state index in [9.17, 15) is 9.90 Å². The Bertz CT molecular complexity index is 940. The van der Waals surface area contributed by atoms with Crippen molar-refractivity contribution < 1.29 is 14.6 Å². The minimum Gasteiger partial charge on any atom is -0.481 e. The second-order valence-electron chi connectivity index (χ2n) is 6.86. The topological polar surface area (TPSA) is 64.4 Å². The van der Waals surface area contributed by atoms with Crippen LogP contribution in [-0.2, 0) is 9.53 Å². The van der Waals surface area contributed by atoms with Crippen LogP contribution in [0.3, 0.4) is 0 Å². The summed E-state index contributed by atoms with van der Waals surface area (Å²) in [7, 11) is 0. The van der Waals surface area contributed by atoms with Crippen LogP contribution in [0.15, 0.2) is 71.9 Å². The molecule has 4 rings (SSSR count). The summed E-state index contributed by atoms with van der Waals surface area (Å²) in [6, 6.07) is 18.0. The minimum absolute atomic E-state index is 0.186. The standard InChI is InChI=1S/C22H22N2O3S/c1-15-23-12-13-24(15)17-7-9-18(10-8-17)28-21-19(22(25)26)11-14-27-20(21)16-5-3-2-4-6-16/h2-10,12-13,19-21H,11,14H2,1H3,(H,25,26). The van der Waals surface area contributed by atoms with Gasteiger partial charge in [0.1, 0.15) is 5.82 Å². The highest BCUT2D eigenvalue weighted by Gasteiger charge is 2.39. The molecule has 5 nitrogen and oxygen atoms in total. The van der Waals surface area contributed by atoms with Gasteiger partial charge in [-0.25, -0.2) is 4.98 Å². The fourth-order valence-electron chi connectivity index (χ4n) is 3.62. The van der Waals surface area contributed by atoms with Crippen molar-refractivity contribution in [3.8, 4) is 5.69 Å². The molecule has 2 aromatic carbocycles. The Labute approximate surface area is 168 Å². The summed E-state index contributed by atoms with van der Waals surface area (Å²) in [6.07, 6.45) is 4.00. The third kappa shape index (κ3) is 3.84. The van der Waals surface area contributed by atoms with Crippen molar-refractivity contribution in [2.75, 3.05) is 6.61 Å². The van der Waals surface area contributed by atoms with E-state index in [4.69, 9.17) is 4.74 Å². The quantitative estimate of drug-likeness (QED) is 0.690. The Morgan fingerprint density at radius 2 is 1.93 bits per heavy atom. The maximum absolute atomic E-state index is 11.9. The second kappa shape index (κ2) is 8.20. The minimum atomic E-state index is -0.757. The summed E-state index contributed by atoms with van der Waals surface area (Å²) < 4.78 is 8.05. The molecule has 0 radical (unpaired) electrons. The van der Waals surface area contributed by atoms with Gasteiger partial charge in [0.15, 0.2) is 0 Å². The van der Waals surface area contributed by atoms with E-state index in [0.29, 0.717) is 13.0 Å². The van der Waals surface area contributed by atoms with Crippen molar-refractivity contribution >= 4 is 17.7 Å². The zero-order valence-electron chi connectivity index (χ0n) is 15.6. The van der Waals surface area contributed by atoms with Crippen LogP contribution in [0, 0.1) is 12.8 Å². The molecule has 1 aliphatic heterocycles. The number of thioether (sulfide) groups is 1. The lowest BCUT2D eigenvalue weighted by molar-refractivity contribution is -0.146. The molecule has 0 saturated carbocycles. The van der Waals surface area contributed by atoms with E-state index >= 15 is 0 Å². The molecule has 0 bridgehead atoms. The molecule has 1 N–H and O–H groups in total. The number of hydrogen-bond donors (Lipinski definition) is 1. The normalized spacial score (nSPS) is 22.1. The van der Waals surface area contributed by atoms with Gasteiger partial charge in [-0.3, -0.25) is 4.79 Å². The number of carbonyl (C=O) groups is 1. The van der Waals surface area contributed by atoms with Gasteiger partial charge in [-0.15, -0.1) is 11.8 Å². The van der Waals surface area contributed by atoms with Crippen molar-refractivity contribution in [2.24, 2.45) is 5.92 Å². The van der Waals surface area contributed by atoms with Crippen LogP contribution >= 0.6 is 11.8 Å². The molecule has 6 heteroatoms. The molecule has 144 valence electrons. The van der Waals surface area contributed by atoms with E-state index in [0.717, 1.165) is 22.0 Å². The number of hydrogen-bond acceptors (Lipinski definition) is 4. The highest BCUT2D eigenvalue weighted by Crippen LogP contribution is 2.43. The van der Waals surface area contributed by atoms with Crippen LogP contribution in [0.1, 0.15) is 23.9 Å². The number of carboxylic acids is 1. The number of ether oxygens (including phenoxy) is 1. The average molecular weight is 394 g/mol. The molecule has 3 atom stereocenters. The van der Waals surface area contributed by atoms with Crippen molar-refractivity contribution in [3.63, 3.8) is 0 Å². The molecule has 0 amide bonds. The van der Waals surface area contributed by atoms with Gasteiger partial charge in [-0.05, 0) is 43.2 Å². The van der Waals surface area contributed by atoms with Crippen LogP contribution in [0.4, 0.5) is 0 Å². The fourth-order valence-corrected chi connectivity index (χ4v) is 5.01. The molecule has 28 heavy (non-hydrogen) atoms. The number of aryl methyl sites for hydroxylation is 1. The maximum atomic E-state index is 11.9. The lowest BCUT2D eigenvalue weighted by Gasteiger charge is -2.36. The van der Waals surface area contributed by atoms with Gasteiger partial charge in [-0.2, -0.15) is 0 Å². The Morgan fingerprint density at radius 1 is 1.18 bits per heavy atom. The fraction of sp³-hybridized carbons (Fsp3) is 0.273. The smallest absolute Gasteiger partial charge is 0.307 e. The molecule has 2 heterocycles. The van der Waals surface area contributed by atoms with Crippen LogP contribution in [0.5, 0.6) is 0 Å². The first kappa shape index (κ1) is 18.8. The average Bonchev–Trinajstić information content (AvgIpc) is 3.15. The molecule has 3 aromatic rings. The van der Waals surface area contributed by atoms with E-state index in [1.54, 1.807) is 18.0 Å². The van der Waals surface area contributed by atoms with Crippen LogP contribution in [0.2, 0.25) is 0 Å². The zero-order valence-corrected chi connectivity index (χ0v) is 16.4. The van der Waals surface area contributed by atoms with Crippen LogP contribution < -0.4 is 0 Å². The van der Waals surface area contributed by atoms with Crippen molar-refractivity contribution in [1.82, 2.24) is 9.55 Å². The second-order valence-corrected chi connectivity index (χ2v) is 8.11. The molecule has 0 aliphatic carbocycles. The van der Waals surface area contributed by atoms with E-state index in [1.807, 2.05) is 72.3 Å². The monoisotopic (exact) mass is 394 g/mol. The van der Waals surface area contributed by atoms with E-state index in [2.05, 4.69) is 4.98 Å². The third-order valence-electron chi connectivity index (χ3n) is 5.08. The van der Waals surface area contributed by atoms with Crippen LogP contribution in [-0.4, -0.2) is 32.5 Å². The van der Waals surface area contributed by atoms with Crippen LogP contribution in [0.25, 0.3) is 5.69 Å². The highest BCUT2D eigenvalue weighted by molar-refractivity contribution is 8.00. The van der Waals surface area contributed by atoms with Crippen molar-refractivity contribution in [2.45, 2.75) is 29.6 Å². The molecule has 1 aromatic heterocycles. The summed E-state index contributed by atoms with van der Waals surface area (Å²) >= 11 is 1.58. The van der Waals surface area contributed by atoms with E-state index in [-0.39, 0.29) is 11.4 Å². The van der Waals surface area contributed by atoms with Gasteiger partial charge in [-0.1, -0.05) is 30.3 Å². The number of benzene rings is 2. The number of aliphatic carboxylic acids is 1. The number of imidazole rings is 1. The van der Waals surface area contributed by atoms with Gasteiger partial charge in [0.25, 0.3) is 0 Å². The van der Waals surface area contributed by atoms with Gasteiger partial charge < -0.3 is 14.4 Å². The van der Waals surface area contributed by atoms with Crippen molar-refractivity contribution in [1.29, 1.82) is 0 Å². The molecular weight excluding hydrogens is 372 g/mol. The SMILES string of the molecule is Cc1nccn1-c1ccc(SC2C(C(=O)O)CCOC2c2ccccc2)cc1. The predicted molar refractivity (Wildman–Crippen MR) is 109 cm³/mol. The maximum Gasteiger partial charge on any atom is 0.307 e. The van der Waals surface area contributed by atoms with E-state index < -0.39 is 11.9 Å². The Balaban J connectivity index is 1.60. The first-order valence-electron chi connectivity index (χ1n) is 9.30. The lowest BCUT2D eigenvalue weighted by Crippen LogP contribution is -2.37. The molecule has 0 spiro atoms. The third-order valence-corrected chi connectivity index (χ3v) is 6.47. The zero-order chi connectivity index (χ0) is 19.5. The number of nitrogens with zero attached hydrogens (tertiary/aromatic N) is 2. The van der Waals surface area contributed by atoms with Crippen molar-refractivity contribution in [3.05, 3.63) is 78.4 Å². The predicted octanol–water partition coefficient (Wildman–Crippen LogP) is 4.50. The lowest BCUT2D eigenvalue weighted by atomic mass is 9.91.